The minimum absolute atomic E-state index is 0.000597. The lowest BCUT2D eigenvalue weighted by atomic mass is 10.0. The smallest absolute Gasteiger partial charge is 0.273 e. The summed E-state index contributed by atoms with van der Waals surface area (Å²) in [7, 11) is 0. The molecule has 1 amide bonds. The number of anilines is 2. The van der Waals surface area contributed by atoms with E-state index in [2.05, 4.69) is 27.5 Å². The van der Waals surface area contributed by atoms with E-state index in [1.165, 1.54) is 11.3 Å². The molecule has 0 unspecified atom stereocenters. The van der Waals surface area contributed by atoms with Crippen molar-refractivity contribution in [1.29, 1.82) is 0 Å². The van der Waals surface area contributed by atoms with Crippen molar-refractivity contribution in [3.05, 3.63) is 77.8 Å². The summed E-state index contributed by atoms with van der Waals surface area (Å²) in [5.74, 6) is -0.200. The molecule has 0 spiro atoms. The Kier molecular flexibility index (Phi) is 4.26. The molecule has 1 aromatic heterocycles. The average molecular weight is 348 g/mol. The van der Waals surface area contributed by atoms with Gasteiger partial charge in [0.05, 0.1) is 11.7 Å². The highest BCUT2D eigenvalue weighted by Gasteiger charge is 2.32. The van der Waals surface area contributed by atoms with Gasteiger partial charge in [-0.3, -0.25) is 15.1 Å². The predicted octanol–water partition coefficient (Wildman–Crippen LogP) is 4.09. The van der Waals surface area contributed by atoms with Crippen LogP contribution < -0.4 is 10.3 Å². The first-order valence-electron chi connectivity index (χ1n) is 7.99. The van der Waals surface area contributed by atoms with Crippen molar-refractivity contribution < 1.29 is 4.79 Å². The third-order valence-electron chi connectivity index (χ3n) is 4.03. The zero-order chi connectivity index (χ0) is 17.1. The van der Waals surface area contributed by atoms with Crippen LogP contribution in [0.25, 0.3) is 0 Å². The van der Waals surface area contributed by atoms with Gasteiger partial charge >= 0.3 is 0 Å². The van der Waals surface area contributed by atoms with Crippen molar-refractivity contribution in [3.8, 4) is 0 Å². The van der Waals surface area contributed by atoms with Crippen molar-refractivity contribution in [3.63, 3.8) is 0 Å². The Morgan fingerprint density at radius 3 is 2.48 bits per heavy atom. The molecule has 0 saturated heterocycles. The van der Waals surface area contributed by atoms with Gasteiger partial charge in [0.25, 0.3) is 5.91 Å². The molecule has 5 nitrogen and oxygen atoms in total. The van der Waals surface area contributed by atoms with Crippen molar-refractivity contribution in [1.82, 2.24) is 4.98 Å². The summed E-state index contributed by atoms with van der Waals surface area (Å²) >= 11 is 1.39. The van der Waals surface area contributed by atoms with Gasteiger partial charge in [-0.2, -0.15) is 5.10 Å². The van der Waals surface area contributed by atoms with Crippen LogP contribution in [0.3, 0.4) is 0 Å². The molecular weight excluding hydrogens is 332 g/mol. The van der Waals surface area contributed by atoms with Gasteiger partial charge in [0, 0.05) is 18.0 Å². The number of aromatic nitrogens is 1. The Labute approximate surface area is 149 Å². The number of hydrogen-bond donors (Lipinski definition) is 1. The van der Waals surface area contributed by atoms with Gasteiger partial charge in [0.15, 0.2) is 5.13 Å². The van der Waals surface area contributed by atoms with Crippen LogP contribution in [-0.4, -0.2) is 16.6 Å². The summed E-state index contributed by atoms with van der Waals surface area (Å²) < 4.78 is 0. The zero-order valence-corrected chi connectivity index (χ0v) is 14.2. The SMILES string of the molecule is O=C(Nc1nccs1)C1=NN(c2ccccc2)[C@H](c2ccccc2)C1. The molecule has 0 radical (unpaired) electrons. The Balaban J connectivity index is 1.64. The normalized spacial score (nSPS) is 16.6. The van der Waals surface area contributed by atoms with E-state index < -0.39 is 0 Å². The molecule has 1 atom stereocenters. The van der Waals surface area contributed by atoms with E-state index in [0.717, 1.165) is 11.3 Å². The van der Waals surface area contributed by atoms with E-state index in [1.54, 1.807) is 6.20 Å². The first-order chi connectivity index (χ1) is 12.3. The van der Waals surface area contributed by atoms with Crippen LogP contribution >= 0.6 is 11.3 Å². The number of carbonyl (C=O) groups excluding carboxylic acids is 1. The van der Waals surface area contributed by atoms with Crippen molar-refractivity contribution in [2.75, 3.05) is 10.3 Å². The fourth-order valence-corrected chi connectivity index (χ4v) is 3.38. The van der Waals surface area contributed by atoms with E-state index in [0.29, 0.717) is 17.3 Å². The van der Waals surface area contributed by atoms with Crippen LogP contribution in [0.2, 0.25) is 0 Å². The number of nitrogens with one attached hydrogen (secondary N) is 1. The molecule has 1 aliphatic heterocycles. The monoisotopic (exact) mass is 348 g/mol. The summed E-state index contributed by atoms with van der Waals surface area (Å²) in [4.78, 5) is 16.7. The summed E-state index contributed by atoms with van der Waals surface area (Å²) in [5, 5.41) is 11.8. The predicted molar refractivity (Wildman–Crippen MR) is 101 cm³/mol. The molecule has 1 aliphatic rings. The Hall–Kier alpha value is -2.99. The maximum atomic E-state index is 12.6. The molecule has 2 heterocycles. The Morgan fingerprint density at radius 2 is 1.80 bits per heavy atom. The highest BCUT2D eigenvalue weighted by molar-refractivity contribution is 7.13. The first kappa shape index (κ1) is 15.5. The Morgan fingerprint density at radius 1 is 1.08 bits per heavy atom. The molecular formula is C19H16N4OS. The third-order valence-corrected chi connectivity index (χ3v) is 4.72. The van der Waals surface area contributed by atoms with Gasteiger partial charge in [-0.25, -0.2) is 4.98 Å². The molecule has 2 aromatic carbocycles. The number of rotatable bonds is 4. The number of amides is 1. The van der Waals surface area contributed by atoms with Crippen LogP contribution in [0.1, 0.15) is 18.0 Å². The molecule has 25 heavy (non-hydrogen) atoms. The van der Waals surface area contributed by atoms with Gasteiger partial charge in [0.2, 0.25) is 0 Å². The molecule has 3 aromatic rings. The van der Waals surface area contributed by atoms with E-state index in [1.807, 2.05) is 58.9 Å². The van der Waals surface area contributed by atoms with E-state index in [-0.39, 0.29) is 11.9 Å². The van der Waals surface area contributed by atoms with Crippen molar-refractivity contribution >= 4 is 33.8 Å². The number of nitrogens with zero attached hydrogens (tertiary/aromatic N) is 3. The van der Waals surface area contributed by atoms with Crippen LogP contribution in [0.5, 0.6) is 0 Å². The second-order valence-corrected chi connectivity index (χ2v) is 6.54. The minimum Gasteiger partial charge on any atom is -0.297 e. The van der Waals surface area contributed by atoms with Crippen molar-refractivity contribution in [2.45, 2.75) is 12.5 Å². The van der Waals surface area contributed by atoms with Crippen LogP contribution in [0.15, 0.2) is 77.3 Å². The third kappa shape index (κ3) is 3.29. The van der Waals surface area contributed by atoms with Gasteiger partial charge in [0.1, 0.15) is 5.71 Å². The fraction of sp³-hybridized carbons (Fsp3) is 0.105. The highest BCUT2D eigenvalue weighted by Crippen LogP contribution is 2.35. The van der Waals surface area contributed by atoms with Gasteiger partial charge in [-0.1, -0.05) is 48.5 Å². The molecule has 0 bridgehead atoms. The summed E-state index contributed by atoms with van der Waals surface area (Å²) in [5.41, 5.74) is 2.61. The lowest BCUT2D eigenvalue weighted by Crippen LogP contribution is -2.21. The number of hydrazone groups is 1. The molecule has 124 valence electrons. The van der Waals surface area contributed by atoms with Gasteiger partial charge in [-0.15, -0.1) is 11.3 Å². The lowest BCUT2D eigenvalue weighted by Gasteiger charge is -2.23. The summed E-state index contributed by atoms with van der Waals surface area (Å²) in [6, 6.07) is 20.1. The zero-order valence-electron chi connectivity index (χ0n) is 13.4. The quantitative estimate of drug-likeness (QED) is 0.772. The van der Waals surface area contributed by atoms with E-state index in [9.17, 15) is 4.79 Å². The Bertz CT molecular complexity index is 878. The second-order valence-electron chi connectivity index (χ2n) is 5.65. The van der Waals surface area contributed by atoms with E-state index >= 15 is 0 Å². The van der Waals surface area contributed by atoms with E-state index in [4.69, 9.17) is 0 Å². The molecule has 6 heteroatoms. The number of para-hydroxylation sites is 1. The number of carbonyl (C=O) groups is 1. The average Bonchev–Trinajstić information content (AvgIpc) is 3.33. The number of thiazole rings is 1. The molecule has 0 saturated carbocycles. The lowest BCUT2D eigenvalue weighted by molar-refractivity contribution is -0.110. The van der Waals surface area contributed by atoms with Gasteiger partial charge < -0.3 is 0 Å². The second kappa shape index (κ2) is 6.86. The summed E-state index contributed by atoms with van der Waals surface area (Å²) in [6.07, 6.45) is 2.22. The topological polar surface area (TPSA) is 57.6 Å². The largest absolute Gasteiger partial charge is 0.297 e. The minimum atomic E-state index is -0.200. The number of hydrogen-bond acceptors (Lipinski definition) is 5. The number of benzene rings is 2. The first-order valence-corrected chi connectivity index (χ1v) is 8.87. The van der Waals surface area contributed by atoms with Crippen LogP contribution in [-0.2, 0) is 4.79 Å². The maximum absolute atomic E-state index is 12.6. The fourth-order valence-electron chi connectivity index (χ4n) is 2.86. The molecule has 0 fully saturated rings. The van der Waals surface area contributed by atoms with Crippen molar-refractivity contribution in [2.24, 2.45) is 5.10 Å². The van der Waals surface area contributed by atoms with Gasteiger partial charge in [-0.05, 0) is 17.7 Å². The molecule has 4 rings (SSSR count). The van der Waals surface area contributed by atoms with Crippen LogP contribution in [0, 0.1) is 0 Å². The maximum Gasteiger partial charge on any atom is 0.273 e. The highest BCUT2D eigenvalue weighted by atomic mass is 32.1. The standard InChI is InChI=1S/C19H16N4OS/c24-18(21-19-20-11-12-25-19)16-13-17(14-7-3-1-4-8-14)23(22-16)15-9-5-2-6-10-15/h1-12,17H,13H2,(H,20,21,24)/t17-/m0/s1. The summed E-state index contributed by atoms with van der Waals surface area (Å²) in [6.45, 7) is 0. The van der Waals surface area contributed by atoms with Crippen LogP contribution in [0.4, 0.5) is 10.8 Å². The molecule has 1 N–H and O–H groups in total. The molecule has 0 aliphatic carbocycles.